The van der Waals surface area contributed by atoms with Crippen LogP contribution < -0.4 is 16.4 Å². The van der Waals surface area contributed by atoms with Gasteiger partial charge in [-0.3, -0.25) is 4.99 Å². The molecule has 2 unspecified atom stereocenters. The second-order valence-electron chi connectivity index (χ2n) is 10.3. The molecule has 6 N–H and O–H groups in total. The number of nitrogens with zero attached hydrogens (tertiary/aromatic N) is 3. The molecule has 208 valence electrons. The van der Waals surface area contributed by atoms with Crippen molar-refractivity contribution < 1.29 is 15.0 Å². The topological polar surface area (TPSA) is 136 Å². The Balaban J connectivity index is 1.18. The Morgan fingerprint density at radius 1 is 0.950 bits per heavy atom. The molecule has 0 radical (unpaired) electrons. The van der Waals surface area contributed by atoms with E-state index in [0.717, 1.165) is 53.0 Å². The van der Waals surface area contributed by atoms with Crippen molar-refractivity contribution in [3.63, 3.8) is 0 Å². The predicted octanol–water partition coefficient (Wildman–Crippen LogP) is 4.66. The molecule has 2 amide bonds. The van der Waals surface area contributed by atoms with E-state index in [1.807, 2.05) is 30.3 Å². The molecule has 0 saturated heterocycles. The van der Waals surface area contributed by atoms with Gasteiger partial charge < -0.3 is 31.5 Å². The lowest BCUT2D eigenvalue weighted by Gasteiger charge is -2.33. The molecule has 2 aliphatic heterocycles. The summed E-state index contributed by atoms with van der Waals surface area (Å²) in [5.74, 6) is 1.33. The minimum atomic E-state index is -0.262. The van der Waals surface area contributed by atoms with Gasteiger partial charge in [-0.2, -0.15) is 0 Å². The Morgan fingerprint density at radius 2 is 1.70 bits per heavy atom. The number of carbonyl (C=O) groups is 1. The largest absolute Gasteiger partial charge is 0.504 e. The fourth-order valence-corrected chi connectivity index (χ4v) is 5.23. The number of urea groups is 1. The average Bonchev–Trinajstić information content (AvgIpc) is 3.32. The Kier molecular flexibility index (Phi) is 8.19. The maximum absolute atomic E-state index is 12.3. The number of phenols is 2. The van der Waals surface area contributed by atoms with Gasteiger partial charge in [0.1, 0.15) is 17.7 Å². The summed E-state index contributed by atoms with van der Waals surface area (Å²) in [6.07, 6.45) is 3.61. The lowest BCUT2D eigenvalue weighted by atomic mass is 9.93. The number of para-hydroxylation sites is 1. The van der Waals surface area contributed by atoms with Crippen LogP contribution in [0.25, 0.3) is 0 Å². The van der Waals surface area contributed by atoms with E-state index in [9.17, 15) is 15.0 Å². The van der Waals surface area contributed by atoms with Gasteiger partial charge in [-0.25, -0.2) is 9.79 Å². The van der Waals surface area contributed by atoms with E-state index in [1.165, 1.54) is 12.1 Å². The summed E-state index contributed by atoms with van der Waals surface area (Å²) in [5.41, 5.74) is 11.4. The number of rotatable bonds is 10. The molecule has 2 atom stereocenters. The molecule has 5 rings (SSSR count). The highest BCUT2D eigenvalue weighted by Crippen LogP contribution is 2.42. The first-order chi connectivity index (χ1) is 19.4. The van der Waals surface area contributed by atoms with Gasteiger partial charge >= 0.3 is 6.03 Å². The zero-order chi connectivity index (χ0) is 28.1. The first-order valence-corrected chi connectivity index (χ1v) is 13.8. The third-order valence-corrected chi connectivity index (χ3v) is 7.38. The Morgan fingerprint density at radius 3 is 2.48 bits per heavy atom. The maximum Gasteiger partial charge on any atom is 0.315 e. The van der Waals surface area contributed by atoms with Crippen LogP contribution in [0, 0.1) is 0 Å². The van der Waals surface area contributed by atoms with E-state index in [-0.39, 0.29) is 29.6 Å². The quantitative estimate of drug-likeness (QED) is 0.239. The van der Waals surface area contributed by atoms with Crippen LogP contribution in [0.1, 0.15) is 54.5 Å². The van der Waals surface area contributed by atoms with Crippen LogP contribution in [0.15, 0.2) is 76.7 Å². The van der Waals surface area contributed by atoms with Gasteiger partial charge in [0, 0.05) is 31.6 Å². The molecule has 0 saturated carbocycles. The number of hydrogen-bond acceptors (Lipinski definition) is 7. The van der Waals surface area contributed by atoms with Crippen molar-refractivity contribution in [1.29, 1.82) is 0 Å². The second kappa shape index (κ2) is 12.1. The van der Waals surface area contributed by atoms with Gasteiger partial charge in [0.15, 0.2) is 11.5 Å². The van der Waals surface area contributed by atoms with Crippen LogP contribution in [0.3, 0.4) is 0 Å². The molecular weight excluding hydrogens is 504 g/mol. The number of nitrogens with one attached hydrogen (secondary N) is 2. The number of unbranched alkanes of at least 4 members (excludes halogenated alkanes) is 1. The summed E-state index contributed by atoms with van der Waals surface area (Å²) in [4.78, 5) is 24.3. The summed E-state index contributed by atoms with van der Waals surface area (Å²) >= 11 is 0. The highest BCUT2D eigenvalue weighted by Gasteiger charge is 2.42. The van der Waals surface area contributed by atoms with Crippen molar-refractivity contribution in [2.75, 3.05) is 6.54 Å². The van der Waals surface area contributed by atoms with Gasteiger partial charge in [0.25, 0.3) is 0 Å². The smallest absolute Gasteiger partial charge is 0.315 e. The number of aromatic hydroxyl groups is 2. The molecule has 3 aromatic carbocycles. The van der Waals surface area contributed by atoms with E-state index < -0.39 is 0 Å². The van der Waals surface area contributed by atoms with Crippen molar-refractivity contribution in [3.05, 3.63) is 89.0 Å². The number of fused-ring (bicyclic) bond motifs is 3. The predicted molar refractivity (Wildman–Crippen MR) is 157 cm³/mol. The van der Waals surface area contributed by atoms with Crippen molar-refractivity contribution in [3.8, 4) is 11.5 Å². The van der Waals surface area contributed by atoms with Gasteiger partial charge in [-0.05, 0) is 47.7 Å². The van der Waals surface area contributed by atoms with Crippen molar-refractivity contribution in [2.24, 2.45) is 15.7 Å². The van der Waals surface area contributed by atoms with Crippen molar-refractivity contribution >= 4 is 23.4 Å². The molecule has 3 aromatic rings. The molecular formula is C31H36N6O3. The van der Waals surface area contributed by atoms with Crippen LogP contribution >= 0.6 is 0 Å². The van der Waals surface area contributed by atoms with Gasteiger partial charge in [0.2, 0.25) is 0 Å². The third-order valence-electron chi connectivity index (χ3n) is 7.38. The molecule has 2 aliphatic rings. The van der Waals surface area contributed by atoms with Crippen LogP contribution in [0.4, 0.5) is 10.5 Å². The summed E-state index contributed by atoms with van der Waals surface area (Å²) in [6.45, 7) is 3.72. The number of benzene rings is 3. The summed E-state index contributed by atoms with van der Waals surface area (Å²) in [7, 11) is 0. The first-order valence-electron chi connectivity index (χ1n) is 13.8. The highest BCUT2D eigenvalue weighted by atomic mass is 16.3. The lowest BCUT2D eigenvalue weighted by Crippen LogP contribution is -2.40. The van der Waals surface area contributed by atoms with E-state index in [1.54, 1.807) is 6.07 Å². The average molecular weight is 541 g/mol. The molecule has 40 heavy (non-hydrogen) atoms. The lowest BCUT2D eigenvalue weighted by molar-refractivity contribution is 0.240. The number of amides is 2. The van der Waals surface area contributed by atoms with Crippen molar-refractivity contribution in [2.45, 2.75) is 57.8 Å². The Hall–Kier alpha value is -4.53. The number of aliphatic imine (C=N–C) groups is 2. The second-order valence-corrected chi connectivity index (χ2v) is 10.3. The fourth-order valence-electron chi connectivity index (χ4n) is 5.23. The molecule has 0 bridgehead atoms. The molecule has 0 aliphatic carbocycles. The van der Waals surface area contributed by atoms with Crippen molar-refractivity contribution in [1.82, 2.24) is 15.5 Å². The zero-order valence-corrected chi connectivity index (χ0v) is 22.7. The number of hydrogen-bond donors (Lipinski definition) is 5. The fraction of sp³-hybridized carbons (Fsp3) is 0.323. The van der Waals surface area contributed by atoms with Gasteiger partial charge in [-0.15, -0.1) is 0 Å². The standard InChI is InChI=1S/C31H36N6O3/c1-2-3-8-27-36-28-29(23-6-4-5-7-24(23)35-30(28)32)37(27)19-22-11-9-21(10-12-22)18-34-31(40)33-16-15-20-13-14-25(38)26(39)17-20/h4-7,9-14,17,28-29,38-39H,2-3,8,15-16,18-19H2,1H3,(H2,32,35)(H2,33,34,40). The molecule has 9 nitrogen and oxygen atoms in total. The monoisotopic (exact) mass is 540 g/mol. The number of amidine groups is 2. The van der Waals surface area contributed by atoms with Crippen LogP contribution in [-0.2, 0) is 19.5 Å². The number of phenolic OH excluding ortho intramolecular Hbond substituents is 2. The van der Waals surface area contributed by atoms with E-state index in [0.29, 0.717) is 31.9 Å². The van der Waals surface area contributed by atoms with Crippen LogP contribution in [0.5, 0.6) is 11.5 Å². The molecule has 2 heterocycles. The molecule has 0 spiro atoms. The van der Waals surface area contributed by atoms with Crippen LogP contribution in [0.2, 0.25) is 0 Å². The molecule has 0 fully saturated rings. The Bertz CT molecular complexity index is 1420. The number of carbonyl (C=O) groups excluding carboxylic acids is 1. The maximum atomic E-state index is 12.3. The molecule has 9 heteroatoms. The first kappa shape index (κ1) is 27.1. The minimum absolute atomic E-state index is 0.0381. The number of nitrogens with two attached hydrogens (primary N) is 1. The summed E-state index contributed by atoms with van der Waals surface area (Å²) in [5, 5.41) is 24.7. The van der Waals surface area contributed by atoms with Gasteiger partial charge in [-0.1, -0.05) is 61.9 Å². The van der Waals surface area contributed by atoms with E-state index >= 15 is 0 Å². The van der Waals surface area contributed by atoms with E-state index in [4.69, 9.17) is 10.7 Å². The summed E-state index contributed by atoms with van der Waals surface area (Å²) < 4.78 is 0. The minimum Gasteiger partial charge on any atom is -0.504 e. The van der Waals surface area contributed by atoms with Gasteiger partial charge in [0.05, 0.1) is 11.7 Å². The molecule has 0 aromatic heterocycles. The highest BCUT2D eigenvalue weighted by molar-refractivity contribution is 5.98. The third kappa shape index (κ3) is 6.03. The van der Waals surface area contributed by atoms with Crippen LogP contribution in [-0.4, -0.2) is 45.4 Å². The summed E-state index contributed by atoms with van der Waals surface area (Å²) in [6, 6.07) is 20.7. The van der Waals surface area contributed by atoms with E-state index in [2.05, 4.69) is 45.6 Å². The SMILES string of the molecule is CCCCC1=NC2C(N)=Nc3ccccc3C2N1Cc1ccc(CNC(=O)NCCc2ccc(O)c(O)c2)cc1. The Labute approximate surface area is 234 Å². The zero-order valence-electron chi connectivity index (χ0n) is 22.7. The normalized spacial score (nSPS) is 17.5.